The molecule has 2 heterocycles. The van der Waals surface area contributed by atoms with E-state index in [1.165, 1.54) is 10.9 Å². The number of hydrogen-bond donors (Lipinski definition) is 2. The highest BCUT2D eigenvalue weighted by atomic mass is 16.6. The van der Waals surface area contributed by atoms with Crippen LogP contribution < -0.4 is 11.1 Å². The number of nitrogens with two attached hydrogens (primary N) is 1. The first-order valence-electron chi connectivity index (χ1n) is 9.69. The molecule has 0 saturated carbocycles. The van der Waals surface area contributed by atoms with E-state index in [-0.39, 0.29) is 12.1 Å². The number of aromatic nitrogens is 1. The molecule has 7 nitrogen and oxygen atoms in total. The van der Waals surface area contributed by atoms with Crippen LogP contribution in [0, 0.1) is 0 Å². The smallest absolute Gasteiger partial charge is 0.409 e. The van der Waals surface area contributed by atoms with E-state index in [4.69, 9.17) is 10.5 Å². The average Bonchev–Trinajstić information content (AvgIpc) is 3.09. The number of para-hydroxylation sites is 1. The number of rotatable bonds is 6. The van der Waals surface area contributed by atoms with Crippen molar-refractivity contribution in [2.75, 3.05) is 26.2 Å². The topological polar surface area (TPSA) is 84.9 Å². The summed E-state index contributed by atoms with van der Waals surface area (Å²) in [6.45, 7) is 5.21. The van der Waals surface area contributed by atoms with Crippen molar-refractivity contribution in [3.05, 3.63) is 36.5 Å². The van der Waals surface area contributed by atoms with Gasteiger partial charge in [0, 0.05) is 43.9 Å². The number of carbonyl (C=O) groups is 1. The Morgan fingerprint density at radius 3 is 2.85 bits per heavy atom. The van der Waals surface area contributed by atoms with Crippen LogP contribution in [-0.4, -0.2) is 53.8 Å². The summed E-state index contributed by atoms with van der Waals surface area (Å²) in [5, 5.41) is 4.54. The van der Waals surface area contributed by atoms with E-state index >= 15 is 0 Å². The number of likely N-dealkylation sites (tertiary alicyclic amines) is 1. The van der Waals surface area contributed by atoms with E-state index < -0.39 is 0 Å². The highest BCUT2D eigenvalue weighted by Gasteiger charge is 2.23. The van der Waals surface area contributed by atoms with Crippen LogP contribution in [0.1, 0.15) is 26.2 Å². The molecular formula is C20H29N5O2. The molecule has 0 atom stereocenters. The number of ether oxygens (including phenoxy) is 1. The normalized spacial score (nSPS) is 15.9. The lowest BCUT2D eigenvalue weighted by atomic mass is 10.1. The number of amides is 1. The minimum absolute atomic E-state index is 0.227. The number of hydrogen-bond acceptors (Lipinski definition) is 3. The molecule has 0 spiro atoms. The lowest BCUT2D eigenvalue weighted by Crippen LogP contribution is -2.48. The predicted molar refractivity (Wildman–Crippen MR) is 108 cm³/mol. The number of benzene rings is 1. The third-order valence-electron chi connectivity index (χ3n) is 4.89. The fourth-order valence-electron chi connectivity index (χ4n) is 3.45. The summed E-state index contributed by atoms with van der Waals surface area (Å²) >= 11 is 0. The molecule has 1 aliphatic heterocycles. The van der Waals surface area contributed by atoms with Crippen LogP contribution in [0.3, 0.4) is 0 Å². The van der Waals surface area contributed by atoms with Crippen molar-refractivity contribution in [3.63, 3.8) is 0 Å². The zero-order chi connectivity index (χ0) is 19.1. The number of fused-ring (bicyclic) bond motifs is 1. The van der Waals surface area contributed by atoms with Gasteiger partial charge >= 0.3 is 6.09 Å². The number of aliphatic imine (C=N–C) groups is 1. The molecule has 2 aromatic rings. The van der Waals surface area contributed by atoms with E-state index in [2.05, 4.69) is 51.4 Å². The minimum atomic E-state index is -0.227. The maximum absolute atomic E-state index is 11.7. The number of piperidine rings is 1. The van der Waals surface area contributed by atoms with Crippen molar-refractivity contribution in [1.82, 2.24) is 14.8 Å². The number of nitrogens with zero attached hydrogens (tertiary/aromatic N) is 3. The second-order valence-corrected chi connectivity index (χ2v) is 6.79. The first-order chi connectivity index (χ1) is 13.2. The first kappa shape index (κ1) is 19.1. The molecule has 3 rings (SSSR count). The van der Waals surface area contributed by atoms with Crippen molar-refractivity contribution in [1.29, 1.82) is 0 Å². The predicted octanol–water partition coefficient (Wildman–Crippen LogP) is 2.56. The molecule has 1 aromatic heterocycles. The highest BCUT2D eigenvalue weighted by molar-refractivity contribution is 5.80. The summed E-state index contributed by atoms with van der Waals surface area (Å²) in [5.74, 6) is 0.488. The molecule has 1 amide bonds. The van der Waals surface area contributed by atoms with E-state index in [9.17, 15) is 4.79 Å². The Kier molecular flexibility index (Phi) is 6.57. The Morgan fingerprint density at radius 2 is 2.07 bits per heavy atom. The summed E-state index contributed by atoms with van der Waals surface area (Å²) in [6.07, 6.45) is 4.53. The van der Waals surface area contributed by atoms with Crippen molar-refractivity contribution in [2.24, 2.45) is 10.7 Å². The second-order valence-electron chi connectivity index (χ2n) is 6.79. The summed E-state index contributed by atoms with van der Waals surface area (Å²) < 4.78 is 7.29. The molecule has 7 heteroatoms. The number of guanidine groups is 1. The molecule has 146 valence electrons. The summed E-state index contributed by atoms with van der Waals surface area (Å²) in [7, 11) is 0. The molecule has 1 aliphatic rings. The first-order valence-corrected chi connectivity index (χ1v) is 9.69. The molecule has 1 aromatic carbocycles. The maximum Gasteiger partial charge on any atom is 0.409 e. The Bertz CT molecular complexity index is 778. The quantitative estimate of drug-likeness (QED) is 0.464. The van der Waals surface area contributed by atoms with E-state index in [1.54, 1.807) is 4.90 Å². The highest BCUT2D eigenvalue weighted by Crippen LogP contribution is 2.15. The monoisotopic (exact) mass is 371 g/mol. The minimum Gasteiger partial charge on any atom is -0.450 e. The maximum atomic E-state index is 11.7. The lowest BCUT2D eigenvalue weighted by molar-refractivity contribution is 0.0963. The molecule has 0 bridgehead atoms. The SMILES string of the molecule is CCOC(=O)N1CCC(NC(N)=NCCCn2ccc3ccccc32)CC1. The van der Waals surface area contributed by atoms with Crippen LogP contribution >= 0.6 is 0 Å². The molecule has 0 aliphatic carbocycles. The Labute approximate surface area is 160 Å². The molecule has 0 radical (unpaired) electrons. The fourth-order valence-corrected chi connectivity index (χ4v) is 3.45. The summed E-state index contributed by atoms with van der Waals surface area (Å²) in [6, 6.07) is 10.8. The summed E-state index contributed by atoms with van der Waals surface area (Å²) in [4.78, 5) is 17.9. The van der Waals surface area contributed by atoms with Gasteiger partial charge in [0.05, 0.1) is 6.61 Å². The zero-order valence-electron chi connectivity index (χ0n) is 15.9. The van der Waals surface area contributed by atoms with E-state index in [1.807, 2.05) is 6.92 Å². The number of carbonyl (C=O) groups excluding carboxylic acids is 1. The van der Waals surface area contributed by atoms with Gasteiger partial charge in [0.25, 0.3) is 0 Å². The van der Waals surface area contributed by atoms with Gasteiger partial charge in [-0.2, -0.15) is 0 Å². The average molecular weight is 371 g/mol. The van der Waals surface area contributed by atoms with Gasteiger partial charge in [-0.15, -0.1) is 0 Å². The van der Waals surface area contributed by atoms with Crippen LogP contribution in [-0.2, 0) is 11.3 Å². The van der Waals surface area contributed by atoms with Gasteiger partial charge in [-0.05, 0) is 43.7 Å². The van der Waals surface area contributed by atoms with Crippen LogP contribution in [0.2, 0.25) is 0 Å². The van der Waals surface area contributed by atoms with Crippen LogP contribution in [0.25, 0.3) is 10.9 Å². The fraction of sp³-hybridized carbons (Fsp3) is 0.500. The van der Waals surface area contributed by atoms with Crippen molar-refractivity contribution in [2.45, 2.75) is 38.8 Å². The molecule has 0 unspecified atom stereocenters. The van der Waals surface area contributed by atoms with Crippen molar-refractivity contribution >= 4 is 23.0 Å². The van der Waals surface area contributed by atoms with Gasteiger partial charge in [0.1, 0.15) is 0 Å². The standard InChI is InChI=1S/C20H29N5O2/c1-2-27-20(26)25-14-9-17(10-15-25)23-19(21)22-11-5-12-24-13-8-16-6-3-4-7-18(16)24/h3-4,6-8,13,17H,2,5,9-12,14-15H2,1H3,(H3,21,22,23). The van der Waals surface area contributed by atoms with Gasteiger partial charge in [-0.3, -0.25) is 4.99 Å². The third kappa shape index (κ3) is 5.15. The van der Waals surface area contributed by atoms with Crippen LogP contribution in [0.5, 0.6) is 0 Å². The Hall–Kier alpha value is -2.70. The van der Waals surface area contributed by atoms with Crippen molar-refractivity contribution < 1.29 is 9.53 Å². The molecule has 1 fully saturated rings. The van der Waals surface area contributed by atoms with E-state index in [0.717, 1.165) is 25.8 Å². The Morgan fingerprint density at radius 1 is 1.30 bits per heavy atom. The van der Waals surface area contributed by atoms with Gasteiger partial charge in [0.15, 0.2) is 5.96 Å². The largest absolute Gasteiger partial charge is 0.450 e. The van der Waals surface area contributed by atoms with Crippen LogP contribution in [0.4, 0.5) is 4.79 Å². The molecular weight excluding hydrogens is 342 g/mol. The number of aryl methyl sites for hydroxylation is 1. The molecule has 1 saturated heterocycles. The zero-order valence-corrected chi connectivity index (χ0v) is 15.9. The molecule has 3 N–H and O–H groups in total. The van der Waals surface area contributed by atoms with E-state index in [0.29, 0.717) is 32.2 Å². The third-order valence-corrected chi connectivity index (χ3v) is 4.89. The van der Waals surface area contributed by atoms with Crippen LogP contribution in [0.15, 0.2) is 41.5 Å². The molecule has 27 heavy (non-hydrogen) atoms. The Balaban J connectivity index is 1.38. The van der Waals surface area contributed by atoms with Gasteiger partial charge in [0.2, 0.25) is 0 Å². The summed E-state index contributed by atoms with van der Waals surface area (Å²) in [5.41, 5.74) is 7.27. The number of nitrogens with one attached hydrogen (secondary N) is 1. The lowest BCUT2D eigenvalue weighted by Gasteiger charge is -2.31. The van der Waals surface area contributed by atoms with Gasteiger partial charge < -0.3 is 25.3 Å². The van der Waals surface area contributed by atoms with Gasteiger partial charge in [-0.25, -0.2) is 4.79 Å². The second kappa shape index (κ2) is 9.30. The van der Waals surface area contributed by atoms with Gasteiger partial charge in [-0.1, -0.05) is 18.2 Å². The van der Waals surface area contributed by atoms with Crippen molar-refractivity contribution in [3.8, 4) is 0 Å².